The zero-order chi connectivity index (χ0) is 15.1. The Balaban J connectivity index is 2.45. The van der Waals surface area contributed by atoms with Crippen LogP contribution in [0, 0.1) is 6.92 Å². The molecule has 0 spiro atoms. The molecule has 1 rings (SSSR count). The maximum atomic E-state index is 12.1. The molecule has 0 aliphatic rings. The summed E-state index contributed by atoms with van der Waals surface area (Å²) in [6, 6.07) is 7.94. The van der Waals surface area contributed by atoms with Crippen LogP contribution < -0.4 is 0 Å². The number of hydrogen-bond acceptors (Lipinski definition) is 2. The molecule has 0 saturated carbocycles. The third-order valence-corrected chi connectivity index (χ3v) is 3.08. The van der Waals surface area contributed by atoms with Crippen molar-refractivity contribution in [3.05, 3.63) is 35.4 Å². The van der Waals surface area contributed by atoms with Gasteiger partial charge >= 0.3 is 12.0 Å². The van der Waals surface area contributed by atoms with Gasteiger partial charge in [-0.2, -0.15) is 0 Å². The molecule has 0 atom stereocenters. The minimum atomic E-state index is -0.834. The maximum Gasteiger partial charge on any atom is 0.319 e. The van der Waals surface area contributed by atoms with Gasteiger partial charge in [-0.05, 0) is 18.9 Å². The monoisotopic (exact) mass is 278 g/mol. The van der Waals surface area contributed by atoms with Crippen molar-refractivity contribution in [2.45, 2.75) is 26.3 Å². The average molecular weight is 278 g/mol. The predicted molar refractivity (Wildman–Crippen MR) is 77.5 cm³/mol. The number of hydrogen-bond donors (Lipinski definition) is 1. The first-order chi connectivity index (χ1) is 9.40. The van der Waals surface area contributed by atoms with Gasteiger partial charge in [0.15, 0.2) is 0 Å². The van der Waals surface area contributed by atoms with E-state index in [0.29, 0.717) is 19.5 Å². The number of benzene rings is 1. The molecule has 5 heteroatoms. The number of carboxylic acid groups (broad SMARTS) is 1. The first kappa shape index (κ1) is 16.0. The highest BCUT2D eigenvalue weighted by Crippen LogP contribution is 2.07. The molecule has 0 aromatic heterocycles. The van der Waals surface area contributed by atoms with E-state index in [-0.39, 0.29) is 12.5 Å². The molecule has 0 aliphatic carbocycles. The first-order valence-electron chi connectivity index (χ1n) is 6.63. The van der Waals surface area contributed by atoms with Crippen molar-refractivity contribution in [3.8, 4) is 0 Å². The third-order valence-electron chi connectivity index (χ3n) is 3.08. The summed E-state index contributed by atoms with van der Waals surface area (Å²) >= 11 is 0. The second-order valence-corrected chi connectivity index (χ2v) is 5.04. The molecule has 0 aliphatic heterocycles. The average Bonchev–Trinajstić information content (AvgIpc) is 2.39. The van der Waals surface area contributed by atoms with Crippen molar-refractivity contribution in [2.75, 3.05) is 20.6 Å². The third kappa shape index (κ3) is 5.30. The number of amides is 2. The number of aliphatic carboxylic acids is 1. The lowest BCUT2D eigenvalue weighted by Crippen LogP contribution is -2.38. The van der Waals surface area contributed by atoms with Crippen molar-refractivity contribution >= 4 is 12.0 Å². The molecular formula is C15H22N2O3. The Kier molecular flexibility index (Phi) is 6.03. The van der Waals surface area contributed by atoms with Gasteiger partial charge in [0.1, 0.15) is 0 Å². The van der Waals surface area contributed by atoms with E-state index in [1.54, 1.807) is 23.9 Å². The summed E-state index contributed by atoms with van der Waals surface area (Å²) in [7, 11) is 3.44. The Morgan fingerprint density at radius 3 is 2.25 bits per heavy atom. The SMILES string of the molecule is Cc1ccc(CN(C)C(=O)N(C)CCCC(=O)O)cc1. The van der Waals surface area contributed by atoms with E-state index in [4.69, 9.17) is 5.11 Å². The summed E-state index contributed by atoms with van der Waals surface area (Å²) in [5.41, 5.74) is 2.26. The van der Waals surface area contributed by atoms with Crippen molar-refractivity contribution in [1.29, 1.82) is 0 Å². The van der Waals surface area contributed by atoms with Gasteiger partial charge in [-0.3, -0.25) is 4.79 Å². The lowest BCUT2D eigenvalue weighted by molar-refractivity contribution is -0.137. The van der Waals surface area contributed by atoms with Crippen LogP contribution in [0.1, 0.15) is 24.0 Å². The number of carboxylic acids is 1. The summed E-state index contributed by atoms with van der Waals surface area (Å²) < 4.78 is 0. The van der Waals surface area contributed by atoms with Crippen LogP contribution in [-0.2, 0) is 11.3 Å². The minimum absolute atomic E-state index is 0.0826. The molecule has 20 heavy (non-hydrogen) atoms. The highest BCUT2D eigenvalue weighted by atomic mass is 16.4. The standard InChI is InChI=1S/C15H22N2O3/c1-12-6-8-13(9-7-12)11-17(3)15(20)16(2)10-4-5-14(18)19/h6-9H,4-5,10-11H2,1-3H3,(H,18,19). The number of urea groups is 1. The Labute approximate surface area is 119 Å². The van der Waals surface area contributed by atoms with Gasteiger partial charge < -0.3 is 14.9 Å². The molecular weight excluding hydrogens is 256 g/mol. The summed E-state index contributed by atoms with van der Waals surface area (Å²) in [5.74, 6) is -0.834. The van der Waals surface area contributed by atoms with Gasteiger partial charge in [-0.25, -0.2) is 4.79 Å². The number of nitrogens with zero attached hydrogens (tertiary/aromatic N) is 2. The number of carbonyl (C=O) groups excluding carboxylic acids is 1. The Hall–Kier alpha value is -2.04. The lowest BCUT2D eigenvalue weighted by Gasteiger charge is -2.25. The molecule has 1 aromatic rings. The van der Waals surface area contributed by atoms with E-state index in [2.05, 4.69) is 0 Å². The van der Waals surface area contributed by atoms with Crippen LogP contribution in [0.2, 0.25) is 0 Å². The molecule has 1 N–H and O–H groups in total. The fraction of sp³-hybridized carbons (Fsp3) is 0.467. The fourth-order valence-corrected chi connectivity index (χ4v) is 1.89. The molecule has 0 radical (unpaired) electrons. The van der Waals surface area contributed by atoms with Crippen molar-refractivity contribution in [2.24, 2.45) is 0 Å². The normalized spacial score (nSPS) is 10.2. The molecule has 0 bridgehead atoms. The van der Waals surface area contributed by atoms with Crippen LogP contribution in [-0.4, -0.2) is 47.5 Å². The molecule has 1 aromatic carbocycles. The second kappa shape index (κ2) is 7.53. The largest absolute Gasteiger partial charge is 0.481 e. The Bertz CT molecular complexity index is 457. The Morgan fingerprint density at radius 1 is 1.10 bits per heavy atom. The quantitative estimate of drug-likeness (QED) is 0.869. The molecule has 5 nitrogen and oxygen atoms in total. The van der Waals surface area contributed by atoms with Crippen molar-refractivity contribution in [3.63, 3.8) is 0 Å². The molecule has 0 fully saturated rings. The minimum Gasteiger partial charge on any atom is -0.481 e. The van der Waals surface area contributed by atoms with E-state index < -0.39 is 5.97 Å². The van der Waals surface area contributed by atoms with Crippen LogP contribution in [0.15, 0.2) is 24.3 Å². The van der Waals surface area contributed by atoms with Crippen LogP contribution in [0.4, 0.5) is 4.79 Å². The van der Waals surface area contributed by atoms with E-state index in [1.807, 2.05) is 31.2 Å². The lowest BCUT2D eigenvalue weighted by atomic mass is 10.1. The molecule has 0 unspecified atom stereocenters. The zero-order valence-corrected chi connectivity index (χ0v) is 12.3. The number of aryl methyl sites for hydroxylation is 1. The fourth-order valence-electron chi connectivity index (χ4n) is 1.89. The number of carbonyl (C=O) groups is 2. The molecule has 2 amide bonds. The molecule has 0 saturated heterocycles. The molecule has 0 heterocycles. The smallest absolute Gasteiger partial charge is 0.319 e. The zero-order valence-electron chi connectivity index (χ0n) is 12.3. The second-order valence-electron chi connectivity index (χ2n) is 5.04. The molecule has 110 valence electrons. The summed E-state index contributed by atoms with van der Waals surface area (Å²) in [6.45, 7) is 3.01. The van der Waals surface area contributed by atoms with E-state index >= 15 is 0 Å². The Morgan fingerprint density at radius 2 is 1.70 bits per heavy atom. The van der Waals surface area contributed by atoms with Crippen LogP contribution in [0.25, 0.3) is 0 Å². The van der Waals surface area contributed by atoms with Gasteiger partial charge in [-0.15, -0.1) is 0 Å². The topological polar surface area (TPSA) is 60.9 Å². The van der Waals surface area contributed by atoms with Crippen molar-refractivity contribution < 1.29 is 14.7 Å². The first-order valence-corrected chi connectivity index (χ1v) is 6.63. The van der Waals surface area contributed by atoms with E-state index in [9.17, 15) is 9.59 Å². The van der Waals surface area contributed by atoms with Gasteiger partial charge in [0.2, 0.25) is 0 Å². The van der Waals surface area contributed by atoms with Crippen LogP contribution in [0.5, 0.6) is 0 Å². The van der Waals surface area contributed by atoms with Gasteiger partial charge in [-0.1, -0.05) is 29.8 Å². The summed E-state index contributed by atoms with van der Waals surface area (Å²) in [5, 5.41) is 8.58. The van der Waals surface area contributed by atoms with Crippen LogP contribution >= 0.6 is 0 Å². The highest BCUT2D eigenvalue weighted by Gasteiger charge is 2.14. The van der Waals surface area contributed by atoms with Gasteiger partial charge in [0.05, 0.1) is 0 Å². The highest BCUT2D eigenvalue weighted by molar-refractivity contribution is 5.74. The van der Waals surface area contributed by atoms with E-state index in [0.717, 1.165) is 5.56 Å². The van der Waals surface area contributed by atoms with E-state index in [1.165, 1.54) is 5.56 Å². The van der Waals surface area contributed by atoms with Gasteiger partial charge in [0, 0.05) is 33.6 Å². The van der Waals surface area contributed by atoms with Crippen LogP contribution in [0.3, 0.4) is 0 Å². The van der Waals surface area contributed by atoms with Gasteiger partial charge in [0.25, 0.3) is 0 Å². The maximum absolute atomic E-state index is 12.1. The predicted octanol–water partition coefficient (Wildman–Crippen LogP) is 2.34. The summed E-state index contributed by atoms with van der Waals surface area (Å²) in [4.78, 5) is 25.7. The summed E-state index contributed by atoms with van der Waals surface area (Å²) in [6.07, 6.45) is 0.551. The van der Waals surface area contributed by atoms with Crippen molar-refractivity contribution in [1.82, 2.24) is 9.80 Å². The number of rotatable bonds is 6.